The van der Waals surface area contributed by atoms with Crippen LogP contribution in [-0.2, 0) is 11.2 Å². The van der Waals surface area contributed by atoms with Gasteiger partial charge in [-0.2, -0.15) is 0 Å². The van der Waals surface area contributed by atoms with Crippen LogP contribution >= 0.6 is 0 Å². The Labute approximate surface area is 121 Å². The predicted molar refractivity (Wildman–Crippen MR) is 79.1 cm³/mol. The number of carbonyl (C=O) groups excluding carboxylic acids is 1. The lowest BCUT2D eigenvalue weighted by Crippen LogP contribution is -2.50. The van der Waals surface area contributed by atoms with Crippen molar-refractivity contribution in [2.24, 2.45) is 17.1 Å². The van der Waals surface area contributed by atoms with Crippen molar-refractivity contribution in [2.45, 2.75) is 52.0 Å². The van der Waals surface area contributed by atoms with Gasteiger partial charge in [-0.15, -0.1) is 0 Å². The molecule has 1 atom stereocenters. The number of nitrogens with one attached hydrogen (secondary N) is 1. The molecule has 4 nitrogen and oxygen atoms in total. The molecule has 1 aromatic heterocycles. The van der Waals surface area contributed by atoms with E-state index in [0.717, 1.165) is 37.9 Å². The minimum Gasteiger partial charge on any atom is -0.469 e. The Balaban J connectivity index is 1.92. The molecule has 0 aromatic carbocycles. The average molecular weight is 278 g/mol. The van der Waals surface area contributed by atoms with Crippen LogP contribution in [0.3, 0.4) is 0 Å². The lowest BCUT2D eigenvalue weighted by atomic mass is 9.70. The standard InChI is InChI=1S/C16H26N2O2/c1-12-5-7-16(11-17,8-6-12)15(19)18-13(2)10-14-4-3-9-20-14/h3-4,9,12-13H,5-8,10-11,17H2,1-2H3,(H,18,19). The first-order valence-electron chi connectivity index (χ1n) is 7.59. The van der Waals surface area contributed by atoms with Crippen molar-refractivity contribution >= 4 is 5.91 Å². The summed E-state index contributed by atoms with van der Waals surface area (Å²) in [6, 6.07) is 3.87. The largest absolute Gasteiger partial charge is 0.469 e. The molecule has 0 saturated heterocycles. The van der Waals surface area contributed by atoms with Crippen molar-refractivity contribution < 1.29 is 9.21 Å². The molecule has 2 rings (SSSR count). The van der Waals surface area contributed by atoms with Crippen molar-refractivity contribution in [3.05, 3.63) is 24.2 Å². The second kappa shape index (κ2) is 6.44. The summed E-state index contributed by atoms with van der Waals surface area (Å²) < 4.78 is 5.32. The summed E-state index contributed by atoms with van der Waals surface area (Å²) in [5.41, 5.74) is 5.56. The van der Waals surface area contributed by atoms with Crippen LogP contribution in [-0.4, -0.2) is 18.5 Å². The third kappa shape index (κ3) is 3.42. The van der Waals surface area contributed by atoms with Crippen LogP contribution in [0.25, 0.3) is 0 Å². The van der Waals surface area contributed by atoms with E-state index in [1.807, 2.05) is 19.1 Å². The first-order chi connectivity index (χ1) is 9.55. The Hall–Kier alpha value is -1.29. The van der Waals surface area contributed by atoms with Crippen LogP contribution in [0.4, 0.5) is 0 Å². The van der Waals surface area contributed by atoms with Crippen LogP contribution in [0.2, 0.25) is 0 Å². The molecular weight excluding hydrogens is 252 g/mol. The molecule has 4 heteroatoms. The maximum absolute atomic E-state index is 12.6. The first-order valence-corrected chi connectivity index (χ1v) is 7.59. The summed E-state index contributed by atoms with van der Waals surface area (Å²) in [5.74, 6) is 1.73. The van der Waals surface area contributed by atoms with E-state index in [-0.39, 0.29) is 17.4 Å². The number of hydrogen-bond acceptors (Lipinski definition) is 3. The maximum atomic E-state index is 12.6. The minimum atomic E-state index is -0.357. The molecule has 1 aromatic rings. The van der Waals surface area contributed by atoms with Gasteiger partial charge in [0.15, 0.2) is 0 Å². The number of amides is 1. The molecule has 1 amide bonds. The van der Waals surface area contributed by atoms with Gasteiger partial charge in [0.2, 0.25) is 5.91 Å². The molecule has 3 N–H and O–H groups in total. The van der Waals surface area contributed by atoms with Gasteiger partial charge in [0.05, 0.1) is 11.7 Å². The highest BCUT2D eigenvalue weighted by Crippen LogP contribution is 2.38. The van der Waals surface area contributed by atoms with E-state index in [1.54, 1.807) is 6.26 Å². The molecule has 0 bridgehead atoms. The minimum absolute atomic E-state index is 0.0661. The molecule has 1 aliphatic carbocycles. The average Bonchev–Trinajstić information content (AvgIpc) is 2.92. The van der Waals surface area contributed by atoms with Gasteiger partial charge in [0.25, 0.3) is 0 Å². The van der Waals surface area contributed by atoms with Gasteiger partial charge in [0.1, 0.15) is 5.76 Å². The van der Waals surface area contributed by atoms with E-state index in [0.29, 0.717) is 12.5 Å². The number of carbonyl (C=O) groups is 1. The number of hydrogen-bond donors (Lipinski definition) is 2. The molecule has 1 heterocycles. The Kier molecular flexibility index (Phi) is 4.86. The predicted octanol–water partition coefficient (Wildman–Crippen LogP) is 2.48. The van der Waals surface area contributed by atoms with Gasteiger partial charge in [0, 0.05) is 19.0 Å². The van der Waals surface area contributed by atoms with Crippen molar-refractivity contribution in [2.75, 3.05) is 6.54 Å². The van der Waals surface area contributed by atoms with Crippen molar-refractivity contribution in [1.29, 1.82) is 0 Å². The molecule has 1 fully saturated rings. The van der Waals surface area contributed by atoms with E-state index in [1.165, 1.54) is 0 Å². The zero-order valence-electron chi connectivity index (χ0n) is 12.5. The van der Waals surface area contributed by atoms with Gasteiger partial charge in [-0.1, -0.05) is 6.92 Å². The van der Waals surface area contributed by atoms with E-state index >= 15 is 0 Å². The molecule has 1 unspecified atom stereocenters. The second-order valence-electron chi connectivity index (χ2n) is 6.32. The molecule has 0 radical (unpaired) electrons. The summed E-state index contributed by atoms with van der Waals surface area (Å²) in [5, 5.41) is 3.12. The Morgan fingerprint density at radius 3 is 2.80 bits per heavy atom. The Morgan fingerprint density at radius 2 is 2.25 bits per heavy atom. The van der Waals surface area contributed by atoms with Crippen LogP contribution in [0.5, 0.6) is 0 Å². The lowest BCUT2D eigenvalue weighted by Gasteiger charge is -2.37. The lowest BCUT2D eigenvalue weighted by molar-refractivity contribution is -0.133. The zero-order chi connectivity index (χ0) is 14.6. The normalized spacial score (nSPS) is 28.1. The Bertz CT molecular complexity index is 420. The maximum Gasteiger partial charge on any atom is 0.227 e. The number of nitrogens with two attached hydrogens (primary N) is 1. The van der Waals surface area contributed by atoms with Crippen molar-refractivity contribution in [3.8, 4) is 0 Å². The Morgan fingerprint density at radius 1 is 1.55 bits per heavy atom. The van der Waals surface area contributed by atoms with Gasteiger partial charge in [-0.05, 0) is 50.7 Å². The molecule has 112 valence electrons. The second-order valence-corrected chi connectivity index (χ2v) is 6.32. The van der Waals surface area contributed by atoms with Crippen LogP contribution in [0.1, 0.15) is 45.3 Å². The third-order valence-corrected chi connectivity index (χ3v) is 4.57. The topological polar surface area (TPSA) is 68.3 Å². The molecule has 20 heavy (non-hydrogen) atoms. The monoisotopic (exact) mass is 278 g/mol. The molecule has 0 spiro atoms. The molecular formula is C16H26N2O2. The summed E-state index contributed by atoms with van der Waals surface area (Å²) in [6.45, 7) is 4.70. The van der Waals surface area contributed by atoms with Crippen LogP contribution in [0, 0.1) is 11.3 Å². The van der Waals surface area contributed by atoms with Gasteiger partial charge < -0.3 is 15.5 Å². The smallest absolute Gasteiger partial charge is 0.227 e. The van der Waals surface area contributed by atoms with Gasteiger partial charge in [-0.3, -0.25) is 4.79 Å². The van der Waals surface area contributed by atoms with Gasteiger partial charge >= 0.3 is 0 Å². The summed E-state index contributed by atoms with van der Waals surface area (Å²) in [7, 11) is 0. The van der Waals surface area contributed by atoms with E-state index in [4.69, 9.17) is 10.2 Å². The van der Waals surface area contributed by atoms with Crippen molar-refractivity contribution in [1.82, 2.24) is 5.32 Å². The zero-order valence-corrected chi connectivity index (χ0v) is 12.5. The summed E-state index contributed by atoms with van der Waals surface area (Å²) in [4.78, 5) is 12.6. The highest BCUT2D eigenvalue weighted by molar-refractivity contribution is 5.83. The molecule has 1 saturated carbocycles. The SMILES string of the molecule is CC1CCC(CN)(C(=O)NC(C)Cc2ccco2)CC1. The third-order valence-electron chi connectivity index (χ3n) is 4.57. The van der Waals surface area contributed by atoms with E-state index in [2.05, 4.69) is 12.2 Å². The highest BCUT2D eigenvalue weighted by Gasteiger charge is 2.40. The number of furan rings is 1. The number of rotatable bonds is 5. The van der Waals surface area contributed by atoms with Crippen molar-refractivity contribution in [3.63, 3.8) is 0 Å². The van der Waals surface area contributed by atoms with Gasteiger partial charge in [-0.25, -0.2) is 0 Å². The fourth-order valence-corrected chi connectivity index (χ4v) is 3.00. The first kappa shape index (κ1) is 15.1. The quantitative estimate of drug-likeness (QED) is 0.869. The molecule has 0 aliphatic heterocycles. The van der Waals surface area contributed by atoms with Crippen LogP contribution < -0.4 is 11.1 Å². The summed E-state index contributed by atoms with van der Waals surface area (Å²) >= 11 is 0. The summed E-state index contributed by atoms with van der Waals surface area (Å²) in [6.07, 6.45) is 6.38. The van der Waals surface area contributed by atoms with Crippen LogP contribution in [0.15, 0.2) is 22.8 Å². The molecule has 1 aliphatic rings. The highest BCUT2D eigenvalue weighted by atomic mass is 16.3. The fourth-order valence-electron chi connectivity index (χ4n) is 3.00. The fraction of sp³-hybridized carbons (Fsp3) is 0.688. The van der Waals surface area contributed by atoms with E-state index in [9.17, 15) is 4.79 Å². The van der Waals surface area contributed by atoms with E-state index < -0.39 is 0 Å².